The van der Waals surface area contributed by atoms with Crippen molar-refractivity contribution in [2.75, 3.05) is 31.1 Å². The number of esters is 1. The molecule has 2 aromatic carbocycles. The van der Waals surface area contributed by atoms with Crippen molar-refractivity contribution < 1.29 is 14.3 Å². The Hall–Kier alpha value is -2.66. The van der Waals surface area contributed by atoms with Gasteiger partial charge in [0, 0.05) is 31.7 Å². The topological polar surface area (TPSA) is 49.9 Å². The molecule has 0 saturated carbocycles. The molecular formula is C26H34N2O3. The number of piperidine rings is 1. The Morgan fingerprint density at radius 3 is 2.16 bits per heavy atom. The standard InChI is InChI=1S/C26H34N2O3/c1-3-21-31-25(30)26(28(24(29)4-2)23-13-9-6-10-14-23)16-19-27(20-17-26)18-15-22-11-7-5-8-12-22/h5-14H,3-4,15-21H2,1-2H3. The maximum atomic E-state index is 13.4. The summed E-state index contributed by atoms with van der Waals surface area (Å²) in [5.41, 5.74) is 1.13. The van der Waals surface area contributed by atoms with Crippen LogP contribution in [0.3, 0.4) is 0 Å². The van der Waals surface area contributed by atoms with Crippen molar-refractivity contribution in [1.29, 1.82) is 0 Å². The Labute approximate surface area is 186 Å². The van der Waals surface area contributed by atoms with E-state index < -0.39 is 5.54 Å². The van der Waals surface area contributed by atoms with Crippen LogP contribution in [0.1, 0.15) is 45.1 Å². The first-order chi connectivity index (χ1) is 15.1. The lowest BCUT2D eigenvalue weighted by atomic mass is 9.84. The summed E-state index contributed by atoms with van der Waals surface area (Å²) in [6, 6.07) is 20.0. The highest BCUT2D eigenvalue weighted by molar-refractivity contribution is 6.02. The second-order valence-electron chi connectivity index (χ2n) is 8.16. The van der Waals surface area contributed by atoms with Crippen LogP contribution in [-0.2, 0) is 20.7 Å². The van der Waals surface area contributed by atoms with Gasteiger partial charge in [0.2, 0.25) is 5.91 Å². The molecule has 0 spiro atoms. The van der Waals surface area contributed by atoms with Gasteiger partial charge < -0.3 is 9.64 Å². The number of para-hydroxylation sites is 1. The molecule has 0 N–H and O–H groups in total. The van der Waals surface area contributed by atoms with Gasteiger partial charge in [-0.15, -0.1) is 0 Å². The molecule has 0 radical (unpaired) electrons. The molecule has 0 bridgehead atoms. The van der Waals surface area contributed by atoms with Crippen LogP contribution in [0.15, 0.2) is 60.7 Å². The molecule has 1 heterocycles. The summed E-state index contributed by atoms with van der Waals surface area (Å²) in [5, 5.41) is 0. The third kappa shape index (κ3) is 5.53. The average molecular weight is 423 g/mol. The van der Waals surface area contributed by atoms with Crippen LogP contribution in [-0.4, -0.2) is 48.6 Å². The fourth-order valence-electron chi connectivity index (χ4n) is 4.29. The predicted octanol–water partition coefficient (Wildman–Crippen LogP) is 4.46. The van der Waals surface area contributed by atoms with E-state index in [1.807, 2.05) is 50.2 Å². The number of carbonyl (C=O) groups is 2. The number of amides is 1. The number of hydrogen-bond acceptors (Lipinski definition) is 4. The lowest BCUT2D eigenvalue weighted by Crippen LogP contribution is -2.63. The molecule has 0 unspecified atom stereocenters. The average Bonchev–Trinajstić information content (AvgIpc) is 2.83. The maximum Gasteiger partial charge on any atom is 0.332 e. The quantitative estimate of drug-likeness (QED) is 0.560. The monoisotopic (exact) mass is 422 g/mol. The van der Waals surface area contributed by atoms with Gasteiger partial charge in [0.15, 0.2) is 0 Å². The third-order valence-corrected chi connectivity index (χ3v) is 6.05. The SMILES string of the molecule is CCCOC(=O)C1(N(C(=O)CC)c2ccccc2)CCN(CCc2ccccc2)CC1. The van der Waals surface area contributed by atoms with Gasteiger partial charge in [-0.25, -0.2) is 4.79 Å². The maximum absolute atomic E-state index is 13.4. The van der Waals surface area contributed by atoms with E-state index in [4.69, 9.17) is 4.74 Å². The Balaban J connectivity index is 1.81. The van der Waals surface area contributed by atoms with Crippen molar-refractivity contribution in [2.45, 2.75) is 51.5 Å². The second kappa shape index (κ2) is 11.1. The molecular weight excluding hydrogens is 388 g/mol. The number of carbonyl (C=O) groups excluding carboxylic acids is 2. The van der Waals surface area contributed by atoms with Crippen molar-refractivity contribution in [1.82, 2.24) is 4.90 Å². The molecule has 31 heavy (non-hydrogen) atoms. The Kier molecular flexibility index (Phi) is 8.24. The van der Waals surface area contributed by atoms with E-state index in [-0.39, 0.29) is 11.9 Å². The fourth-order valence-corrected chi connectivity index (χ4v) is 4.29. The van der Waals surface area contributed by atoms with Crippen molar-refractivity contribution in [3.8, 4) is 0 Å². The van der Waals surface area contributed by atoms with Gasteiger partial charge in [-0.05, 0) is 43.4 Å². The minimum absolute atomic E-state index is 0.0441. The van der Waals surface area contributed by atoms with E-state index in [0.29, 0.717) is 25.9 Å². The zero-order valence-electron chi connectivity index (χ0n) is 18.8. The fraction of sp³-hybridized carbons (Fsp3) is 0.462. The van der Waals surface area contributed by atoms with E-state index in [9.17, 15) is 9.59 Å². The van der Waals surface area contributed by atoms with Crippen molar-refractivity contribution >= 4 is 17.6 Å². The molecule has 1 aliphatic heterocycles. The summed E-state index contributed by atoms with van der Waals surface area (Å²) in [5.74, 6) is -0.319. The van der Waals surface area contributed by atoms with E-state index in [1.54, 1.807) is 4.90 Å². The zero-order chi connectivity index (χ0) is 22.1. The molecule has 1 amide bonds. The normalized spacial score (nSPS) is 15.9. The molecule has 5 heteroatoms. The zero-order valence-corrected chi connectivity index (χ0v) is 18.8. The van der Waals surface area contributed by atoms with Gasteiger partial charge in [0.1, 0.15) is 5.54 Å². The first kappa shape index (κ1) is 23.0. The molecule has 166 valence electrons. The molecule has 0 aromatic heterocycles. The highest BCUT2D eigenvalue weighted by atomic mass is 16.5. The summed E-state index contributed by atoms with van der Waals surface area (Å²) in [7, 11) is 0. The van der Waals surface area contributed by atoms with Crippen LogP contribution in [0.25, 0.3) is 0 Å². The molecule has 1 aliphatic rings. The highest BCUT2D eigenvalue weighted by Gasteiger charge is 2.50. The summed E-state index contributed by atoms with van der Waals surface area (Å²) < 4.78 is 5.64. The van der Waals surface area contributed by atoms with Crippen LogP contribution in [0.2, 0.25) is 0 Å². The van der Waals surface area contributed by atoms with E-state index in [2.05, 4.69) is 29.2 Å². The minimum atomic E-state index is -0.952. The van der Waals surface area contributed by atoms with Gasteiger partial charge in [-0.3, -0.25) is 9.69 Å². The van der Waals surface area contributed by atoms with E-state index >= 15 is 0 Å². The van der Waals surface area contributed by atoms with E-state index in [0.717, 1.165) is 38.2 Å². The first-order valence-corrected chi connectivity index (χ1v) is 11.4. The Bertz CT molecular complexity index is 830. The van der Waals surface area contributed by atoms with Crippen LogP contribution in [0, 0.1) is 0 Å². The van der Waals surface area contributed by atoms with Gasteiger partial charge in [0.25, 0.3) is 0 Å². The van der Waals surface area contributed by atoms with Gasteiger partial charge in [0.05, 0.1) is 6.61 Å². The van der Waals surface area contributed by atoms with Crippen LogP contribution < -0.4 is 4.90 Å². The smallest absolute Gasteiger partial charge is 0.332 e. The number of likely N-dealkylation sites (tertiary alicyclic amines) is 1. The number of hydrogen-bond donors (Lipinski definition) is 0. The number of benzene rings is 2. The molecule has 5 nitrogen and oxygen atoms in total. The van der Waals surface area contributed by atoms with Gasteiger partial charge >= 0.3 is 5.97 Å². The van der Waals surface area contributed by atoms with Crippen LogP contribution in [0.5, 0.6) is 0 Å². The molecule has 2 aromatic rings. The summed E-state index contributed by atoms with van der Waals surface area (Å²) in [4.78, 5) is 30.6. The minimum Gasteiger partial charge on any atom is -0.464 e. The van der Waals surface area contributed by atoms with Crippen molar-refractivity contribution in [2.24, 2.45) is 0 Å². The summed E-state index contributed by atoms with van der Waals surface area (Å²) >= 11 is 0. The Morgan fingerprint density at radius 1 is 0.968 bits per heavy atom. The lowest BCUT2D eigenvalue weighted by molar-refractivity contribution is -0.154. The van der Waals surface area contributed by atoms with Gasteiger partial charge in [-0.2, -0.15) is 0 Å². The van der Waals surface area contributed by atoms with Crippen molar-refractivity contribution in [3.05, 3.63) is 66.2 Å². The van der Waals surface area contributed by atoms with Crippen molar-refractivity contribution in [3.63, 3.8) is 0 Å². The van der Waals surface area contributed by atoms with Crippen LogP contribution >= 0.6 is 0 Å². The number of anilines is 1. The largest absolute Gasteiger partial charge is 0.464 e. The second-order valence-corrected chi connectivity index (χ2v) is 8.16. The number of ether oxygens (including phenoxy) is 1. The highest BCUT2D eigenvalue weighted by Crippen LogP contribution is 2.35. The lowest BCUT2D eigenvalue weighted by Gasteiger charge is -2.46. The predicted molar refractivity (Wildman–Crippen MR) is 124 cm³/mol. The molecule has 1 fully saturated rings. The molecule has 0 atom stereocenters. The summed E-state index contributed by atoms with van der Waals surface area (Å²) in [6.07, 6.45) is 3.23. The van der Waals surface area contributed by atoms with E-state index in [1.165, 1.54) is 5.56 Å². The molecule has 1 saturated heterocycles. The summed E-state index contributed by atoms with van der Waals surface area (Å²) in [6.45, 7) is 6.66. The van der Waals surface area contributed by atoms with Gasteiger partial charge in [-0.1, -0.05) is 62.4 Å². The number of nitrogens with zero attached hydrogens (tertiary/aromatic N) is 2. The molecule has 0 aliphatic carbocycles. The van der Waals surface area contributed by atoms with Crippen LogP contribution in [0.4, 0.5) is 5.69 Å². The third-order valence-electron chi connectivity index (χ3n) is 6.05. The Morgan fingerprint density at radius 2 is 1.58 bits per heavy atom. The first-order valence-electron chi connectivity index (χ1n) is 11.4. The molecule has 3 rings (SSSR count). The number of rotatable bonds is 9.